The zero-order chi connectivity index (χ0) is 11.8. The first-order chi connectivity index (χ1) is 8.24. The molecule has 17 heavy (non-hydrogen) atoms. The number of benzene rings is 1. The first kappa shape index (κ1) is 10.0. The average molecular weight is 229 g/mol. The van der Waals surface area contributed by atoms with Crippen LogP contribution in [0.5, 0.6) is 0 Å². The summed E-state index contributed by atoms with van der Waals surface area (Å²) in [5, 5.41) is 4.85. The van der Waals surface area contributed by atoms with Crippen LogP contribution in [0.1, 0.15) is 18.9 Å². The molecule has 1 atom stereocenters. The van der Waals surface area contributed by atoms with Crippen LogP contribution in [0.25, 0.3) is 22.6 Å². The molecule has 0 radical (unpaired) electrons. The van der Waals surface area contributed by atoms with Gasteiger partial charge in [0.1, 0.15) is 5.58 Å². The van der Waals surface area contributed by atoms with E-state index in [1.165, 1.54) is 0 Å². The molecule has 0 aliphatic rings. The van der Waals surface area contributed by atoms with Gasteiger partial charge in [0.15, 0.2) is 5.76 Å². The van der Waals surface area contributed by atoms with Crippen molar-refractivity contribution in [3.63, 3.8) is 0 Å². The summed E-state index contributed by atoms with van der Waals surface area (Å²) in [4.78, 5) is 4.18. The zero-order valence-corrected chi connectivity index (χ0v) is 9.25. The Morgan fingerprint density at radius 3 is 2.82 bits per heavy atom. The highest BCUT2D eigenvalue weighted by molar-refractivity contribution is 5.81. The molecule has 2 heterocycles. The number of nitrogens with two attached hydrogens (primary N) is 1. The average Bonchev–Trinajstić information content (AvgIpc) is 2.95. The van der Waals surface area contributed by atoms with Gasteiger partial charge >= 0.3 is 0 Å². The fraction of sp³-hybridized carbons (Fsp3) is 0.167. The van der Waals surface area contributed by atoms with Gasteiger partial charge in [-0.05, 0) is 19.1 Å². The predicted molar refractivity (Wildman–Crippen MR) is 62.1 cm³/mol. The second-order valence-electron chi connectivity index (χ2n) is 3.89. The molecule has 3 rings (SSSR count). The maximum Gasteiger partial charge on any atom is 0.243 e. The third-order valence-corrected chi connectivity index (χ3v) is 2.48. The van der Waals surface area contributed by atoms with E-state index >= 15 is 0 Å². The molecule has 0 saturated carbocycles. The summed E-state index contributed by atoms with van der Waals surface area (Å²) < 4.78 is 10.7. The van der Waals surface area contributed by atoms with E-state index in [1.54, 1.807) is 6.92 Å². The largest absolute Gasteiger partial charge is 0.453 e. The molecule has 5 heteroatoms. The lowest BCUT2D eigenvalue weighted by Gasteiger charge is -1.92. The van der Waals surface area contributed by atoms with E-state index in [9.17, 15) is 0 Å². The normalized spacial score (nSPS) is 13.1. The molecule has 0 aliphatic carbocycles. The summed E-state index contributed by atoms with van der Waals surface area (Å²) >= 11 is 0. The SMILES string of the molecule is C[C@H](N)c1nc(-c2cc3ccccc3o2)no1. The number of fused-ring (bicyclic) bond motifs is 1. The maximum atomic E-state index is 5.65. The van der Waals surface area contributed by atoms with E-state index in [0.717, 1.165) is 11.0 Å². The molecular formula is C12H11N3O2. The summed E-state index contributed by atoms with van der Waals surface area (Å²) in [6.45, 7) is 1.79. The number of rotatable bonds is 2. The molecular weight excluding hydrogens is 218 g/mol. The molecule has 86 valence electrons. The Balaban J connectivity index is 2.07. The van der Waals surface area contributed by atoms with E-state index in [-0.39, 0.29) is 6.04 Å². The van der Waals surface area contributed by atoms with Crippen LogP contribution in [0.2, 0.25) is 0 Å². The number of aromatic nitrogens is 2. The van der Waals surface area contributed by atoms with E-state index in [0.29, 0.717) is 17.5 Å². The van der Waals surface area contributed by atoms with Crippen molar-refractivity contribution in [3.05, 3.63) is 36.2 Å². The van der Waals surface area contributed by atoms with Crippen molar-refractivity contribution in [2.24, 2.45) is 5.73 Å². The van der Waals surface area contributed by atoms with Crippen LogP contribution in [0.3, 0.4) is 0 Å². The minimum absolute atomic E-state index is 0.277. The Morgan fingerprint density at radius 1 is 1.29 bits per heavy atom. The highest BCUT2D eigenvalue weighted by atomic mass is 16.5. The van der Waals surface area contributed by atoms with Crippen molar-refractivity contribution in [1.82, 2.24) is 10.1 Å². The van der Waals surface area contributed by atoms with E-state index in [4.69, 9.17) is 14.7 Å². The summed E-state index contributed by atoms with van der Waals surface area (Å²) in [7, 11) is 0. The Morgan fingerprint density at radius 2 is 2.12 bits per heavy atom. The fourth-order valence-corrected chi connectivity index (χ4v) is 1.61. The Kier molecular flexibility index (Phi) is 2.19. The van der Waals surface area contributed by atoms with Crippen molar-refractivity contribution in [2.75, 3.05) is 0 Å². The van der Waals surface area contributed by atoms with Crippen molar-refractivity contribution < 1.29 is 8.94 Å². The van der Waals surface area contributed by atoms with Crippen molar-refractivity contribution >= 4 is 11.0 Å². The van der Waals surface area contributed by atoms with E-state index in [1.807, 2.05) is 30.3 Å². The lowest BCUT2D eigenvalue weighted by molar-refractivity contribution is 0.361. The smallest absolute Gasteiger partial charge is 0.243 e. The second-order valence-corrected chi connectivity index (χ2v) is 3.89. The molecule has 2 N–H and O–H groups in total. The molecule has 0 aliphatic heterocycles. The van der Waals surface area contributed by atoms with Gasteiger partial charge in [-0.25, -0.2) is 0 Å². The summed E-state index contributed by atoms with van der Waals surface area (Å²) in [5.41, 5.74) is 6.45. The Hall–Kier alpha value is -2.14. The van der Waals surface area contributed by atoms with Crippen LogP contribution in [0, 0.1) is 0 Å². The van der Waals surface area contributed by atoms with Gasteiger partial charge in [-0.3, -0.25) is 0 Å². The highest BCUT2D eigenvalue weighted by Gasteiger charge is 2.15. The van der Waals surface area contributed by atoms with Gasteiger partial charge in [-0.1, -0.05) is 23.4 Å². The maximum absolute atomic E-state index is 5.65. The number of furan rings is 1. The third-order valence-electron chi connectivity index (χ3n) is 2.48. The molecule has 0 amide bonds. The van der Waals surface area contributed by atoms with Crippen LogP contribution in [-0.4, -0.2) is 10.1 Å². The van der Waals surface area contributed by atoms with Crippen LogP contribution >= 0.6 is 0 Å². The van der Waals surface area contributed by atoms with Crippen molar-refractivity contribution in [3.8, 4) is 11.6 Å². The van der Waals surface area contributed by atoms with Gasteiger partial charge in [-0.15, -0.1) is 0 Å². The van der Waals surface area contributed by atoms with Crippen LogP contribution in [0.4, 0.5) is 0 Å². The number of nitrogens with zero attached hydrogens (tertiary/aromatic N) is 2. The lowest BCUT2D eigenvalue weighted by atomic mass is 10.2. The van der Waals surface area contributed by atoms with Crippen LogP contribution in [-0.2, 0) is 0 Å². The van der Waals surface area contributed by atoms with Crippen molar-refractivity contribution in [1.29, 1.82) is 0 Å². The van der Waals surface area contributed by atoms with Crippen LogP contribution in [0.15, 0.2) is 39.3 Å². The molecule has 0 unspecified atom stereocenters. The fourth-order valence-electron chi connectivity index (χ4n) is 1.61. The molecule has 1 aromatic carbocycles. The van der Waals surface area contributed by atoms with Gasteiger partial charge in [0.25, 0.3) is 0 Å². The molecule has 0 fully saturated rings. The van der Waals surface area contributed by atoms with Gasteiger partial charge in [0, 0.05) is 5.39 Å². The third kappa shape index (κ3) is 1.70. The molecule has 3 aromatic rings. The Labute approximate surface area is 97.2 Å². The van der Waals surface area contributed by atoms with Gasteiger partial charge in [0.2, 0.25) is 11.7 Å². The summed E-state index contributed by atoms with van der Waals surface area (Å²) in [6, 6.07) is 9.33. The molecule has 2 aromatic heterocycles. The number of para-hydroxylation sites is 1. The van der Waals surface area contributed by atoms with Crippen molar-refractivity contribution in [2.45, 2.75) is 13.0 Å². The molecule has 5 nitrogen and oxygen atoms in total. The predicted octanol–water partition coefficient (Wildman–Crippen LogP) is 2.50. The van der Waals surface area contributed by atoms with Crippen LogP contribution < -0.4 is 5.73 Å². The summed E-state index contributed by atoms with van der Waals surface area (Å²) in [6.07, 6.45) is 0. The Bertz CT molecular complexity index is 621. The second kappa shape index (κ2) is 3.71. The van der Waals surface area contributed by atoms with Gasteiger partial charge in [0.05, 0.1) is 6.04 Å². The van der Waals surface area contributed by atoms with Gasteiger partial charge in [-0.2, -0.15) is 4.98 Å². The van der Waals surface area contributed by atoms with E-state index in [2.05, 4.69) is 10.1 Å². The standard InChI is InChI=1S/C12H11N3O2/c1-7(13)12-14-11(15-17-12)10-6-8-4-2-3-5-9(8)16-10/h2-7H,13H2,1H3/t7-/m0/s1. The highest BCUT2D eigenvalue weighted by Crippen LogP contribution is 2.26. The molecule has 0 saturated heterocycles. The van der Waals surface area contributed by atoms with E-state index < -0.39 is 0 Å². The minimum Gasteiger partial charge on any atom is -0.453 e. The zero-order valence-electron chi connectivity index (χ0n) is 9.25. The van der Waals surface area contributed by atoms with Gasteiger partial charge < -0.3 is 14.7 Å². The topological polar surface area (TPSA) is 78.1 Å². The monoisotopic (exact) mass is 229 g/mol. The first-order valence-corrected chi connectivity index (χ1v) is 5.32. The minimum atomic E-state index is -0.277. The quantitative estimate of drug-likeness (QED) is 0.730. The lowest BCUT2D eigenvalue weighted by Crippen LogP contribution is -2.04. The number of hydrogen-bond acceptors (Lipinski definition) is 5. The summed E-state index contributed by atoms with van der Waals surface area (Å²) in [5.74, 6) is 1.41. The first-order valence-electron chi connectivity index (χ1n) is 5.32. The molecule has 0 spiro atoms. The molecule has 0 bridgehead atoms. The number of hydrogen-bond donors (Lipinski definition) is 1.